The number of aryl methyl sites for hydroxylation is 1. The quantitative estimate of drug-likeness (QED) is 0.693. The third kappa shape index (κ3) is 4.43. The molecule has 1 N–H and O–H groups in total. The Kier molecular flexibility index (Phi) is 5.71. The SMILES string of the molecule is Cc1cccc(Cn2cccc(C(=O)N3Cc4ccccc4C[C@H]3CC(=O)O)c2=O)c1. The fourth-order valence-corrected chi connectivity index (χ4v) is 4.20. The molecular formula is C25H24N2O4. The largest absolute Gasteiger partial charge is 0.481 e. The van der Waals surface area contributed by atoms with Gasteiger partial charge in [-0.1, -0.05) is 54.1 Å². The molecule has 6 nitrogen and oxygen atoms in total. The van der Waals surface area contributed by atoms with Gasteiger partial charge in [0, 0.05) is 18.8 Å². The summed E-state index contributed by atoms with van der Waals surface area (Å²) in [4.78, 5) is 39.5. The van der Waals surface area contributed by atoms with E-state index in [-0.39, 0.29) is 17.5 Å². The van der Waals surface area contributed by atoms with E-state index in [1.807, 2.05) is 55.5 Å². The maximum Gasteiger partial charge on any atom is 0.305 e. The van der Waals surface area contributed by atoms with Crippen LogP contribution in [-0.2, 0) is 24.3 Å². The van der Waals surface area contributed by atoms with E-state index in [0.29, 0.717) is 19.5 Å². The minimum Gasteiger partial charge on any atom is -0.481 e. The van der Waals surface area contributed by atoms with Crippen molar-refractivity contribution in [2.75, 3.05) is 0 Å². The molecule has 0 saturated heterocycles. The van der Waals surface area contributed by atoms with E-state index in [0.717, 1.165) is 22.3 Å². The van der Waals surface area contributed by atoms with Crippen LogP contribution in [0, 0.1) is 6.92 Å². The van der Waals surface area contributed by atoms with Crippen molar-refractivity contribution in [3.05, 3.63) is 105 Å². The lowest BCUT2D eigenvalue weighted by molar-refractivity contribution is -0.138. The van der Waals surface area contributed by atoms with Gasteiger partial charge < -0.3 is 14.6 Å². The summed E-state index contributed by atoms with van der Waals surface area (Å²) in [5.74, 6) is -1.39. The zero-order valence-corrected chi connectivity index (χ0v) is 17.3. The van der Waals surface area contributed by atoms with E-state index >= 15 is 0 Å². The van der Waals surface area contributed by atoms with Crippen LogP contribution in [0.1, 0.15) is 39.0 Å². The summed E-state index contributed by atoms with van der Waals surface area (Å²) in [6, 6.07) is 18.3. The molecule has 31 heavy (non-hydrogen) atoms. The van der Waals surface area contributed by atoms with Gasteiger partial charge in [0.1, 0.15) is 5.56 Å². The van der Waals surface area contributed by atoms with Crippen molar-refractivity contribution >= 4 is 11.9 Å². The summed E-state index contributed by atoms with van der Waals surface area (Å²) in [6.45, 7) is 2.64. The lowest BCUT2D eigenvalue weighted by Gasteiger charge is -2.36. The molecule has 0 spiro atoms. The Morgan fingerprint density at radius 3 is 2.55 bits per heavy atom. The fraction of sp³-hybridized carbons (Fsp3) is 0.240. The molecule has 0 unspecified atom stereocenters. The van der Waals surface area contributed by atoms with Crippen LogP contribution in [0.5, 0.6) is 0 Å². The van der Waals surface area contributed by atoms with Crippen LogP contribution in [0.15, 0.2) is 71.7 Å². The first-order valence-electron chi connectivity index (χ1n) is 10.3. The lowest BCUT2D eigenvalue weighted by Crippen LogP contribution is -2.47. The number of hydrogen-bond donors (Lipinski definition) is 1. The van der Waals surface area contributed by atoms with Gasteiger partial charge in [-0.15, -0.1) is 0 Å². The molecule has 0 saturated carbocycles. The van der Waals surface area contributed by atoms with Crippen molar-refractivity contribution in [1.82, 2.24) is 9.47 Å². The topological polar surface area (TPSA) is 79.6 Å². The average Bonchev–Trinajstić information content (AvgIpc) is 2.74. The molecular weight excluding hydrogens is 392 g/mol. The maximum atomic E-state index is 13.4. The third-order valence-corrected chi connectivity index (χ3v) is 5.71. The molecule has 6 heteroatoms. The summed E-state index contributed by atoms with van der Waals surface area (Å²) in [7, 11) is 0. The molecule has 1 amide bonds. The van der Waals surface area contributed by atoms with Gasteiger partial charge in [-0.25, -0.2) is 0 Å². The smallest absolute Gasteiger partial charge is 0.305 e. The predicted octanol–water partition coefficient (Wildman–Crippen LogP) is 3.25. The van der Waals surface area contributed by atoms with Crippen LogP contribution in [0.3, 0.4) is 0 Å². The number of carboxylic acid groups (broad SMARTS) is 1. The highest BCUT2D eigenvalue weighted by molar-refractivity contribution is 5.94. The highest BCUT2D eigenvalue weighted by Crippen LogP contribution is 2.26. The predicted molar refractivity (Wildman–Crippen MR) is 117 cm³/mol. The van der Waals surface area contributed by atoms with Gasteiger partial charge in [0.2, 0.25) is 0 Å². The van der Waals surface area contributed by atoms with Crippen LogP contribution >= 0.6 is 0 Å². The number of carbonyl (C=O) groups is 2. The van der Waals surface area contributed by atoms with Gasteiger partial charge in [0.15, 0.2) is 0 Å². The summed E-state index contributed by atoms with van der Waals surface area (Å²) in [5, 5.41) is 9.37. The van der Waals surface area contributed by atoms with Gasteiger partial charge in [-0.2, -0.15) is 0 Å². The molecule has 4 rings (SSSR count). The Balaban J connectivity index is 1.66. The van der Waals surface area contributed by atoms with E-state index in [2.05, 4.69) is 0 Å². The van der Waals surface area contributed by atoms with E-state index < -0.39 is 17.9 Å². The lowest BCUT2D eigenvalue weighted by atomic mass is 9.91. The second kappa shape index (κ2) is 8.60. The van der Waals surface area contributed by atoms with Crippen LogP contribution in [-0.4, -0.2) is 32.5 Å². The first-order valence-corrected chi connectivity index (χ1v) is 10.3. The van der Waals surface area contributed by atoms with E-state index in [9.17, 15) is 19.5 Å². The maximum absolute atomic E-state index is 13.4. The number of hydrogen-bond acceptors (Lipinski definition) is 3. The second-order valence-electron chi connectivity index (χ2n) is 8.00. The Morgan fingerprint density at radius 1 is 1.03 bits per heavy atom. The van der Waals surface area contributed by atoms with Gasteiger partial charge >= 0.3 is 5.97 Å². The van der Waals surface area contributed by atoms with Gasteiger partial charge in [0.25, 0.3) is 11.5 Å². The molecule has 0 bridgehead atoms. The molecule has 0 fully saturated rings. The summed E-state index contributed by atoms with van der Waals surface area (Å²) in [6.07, 6.45) is 1.96. The molecule has 0 radical (unpaired) electrons. The summed E-state index contributed by atoms with van der Waals surface area (Å²) < 4.78 is 1.52. The van der Waals surface area contributed by atoms with E-state index in [1.54, 1.807) is 12.3 Å². The summed E-state index contributed by atoms with van der Waals surface area (Å²) >= 11 is 0. The highest BCUT2D eigenvalue weighted by atomic mass is 16.4. The number of amides is 1. The number of aliphatic carboxylic acids is 1. The Morgan fingerprint density at radius 2 is 1.81 bits per heavy atom. The van der Waals surface area contributed by atoms with Crippen molar-refractivity contribution in [3.8, 4) is 0 Å². The first-order chi connectivity index (χ1) is 14.9. The highest BCUT2D eigenvalue weighted by Gasteiger charge is 2.32. The molecule has 3 aromatic rings. The van der Waals surface area contributed by atoms with Gasteiger partial charge in [-0.3, -0.25) is 14.4 Å². The summed E-state index contributed by atoms with van der Waals surface area (Å²) in [5.41, 5.74) is 3.78. The van der Waals surface area contributed by atoms with Crippen molar-refractivity contribution in [2.45, 2.75) is 38.9 Å². The Hall–Kier alpha value is -3.67. The zero-order chi connectivity index (χ0) is 22.0. The number of nitrogens with zero attached hydrogens (tertiary/aromatic N) is 2. The van der Waals surface area contributed by atoms with Gasteiger partial charge in [0.05, 0.1) is 13.0 Å². The molecule has 1 atom stereocenters. The number of aromatic nitrogens is 1. The standard InChI is InChI=1S/C25H24N2O4/c1-17-6-4-7-18(12-17)15-26-11-5-10-22(24(26)30)25(31)27-16-20-9-3-2-8-19(20)13-21(27)14-23(28)29/h2-12,21H,13-16H2,1H3,(H,28,29)/t21-/m0/s1. The number of fused-ring (bicyclic) bond motifs is 1. The normalized spacial score (nSPS) is 15.4. The Bertz CT molecular complexity index is 1200. The van der Waals surface area contributed by atoms with Crippen LogP contribution in [0.4, 0.5) is 0 Å². The number of carbonyl (C=O) groups excluding carboxylic acids is 1. The molecule has 1 aliphatic rings. The minimum absolute atomic E-state index is 0.0601. The number of benzene rings is 2. The third-order valence-electron chi connectivity index (χ3n) is 5.71. The minimum atomic E-state index is -0.966. The molecule has 1 aromatic heterocycles. The van der Waals surface area contributed by atoms with Crippen molar-refractivity contribution in [1.29, 1.82) is 0 Å². The average molecular weight is 416 g/mol. The fourth-order valence-electron chi connectivity index (χ4n) is 4.20. The molecule has 0 aliphatic carbocycles. The molecule has 2 aromatic carbocycles. The van der Waals surface area contributed by atoms with E-state index in [4.69, 9.17) is 0 Å². The monoisotopic (exact) mass is 416 g/mol. The first kappa shape index (κ1) is 20.6. The van der Waals surface area contributed by atoms with E-state index in [1.165, 1.54) is 15.5 Å². The van der Waals surface area contributed by atoms with Crippen LogP contribution in [0.2, 0.25) is 0 Å². The second-order valence-corrected chi connectivity index (χ2v) is 8.00. The molecule has 1 aliphatic heterocycles. The molecule has 2 heterocycles. The van der Waals surface area contributed by atoms with Crippen LogP contribution < -0.4 is 5.56 Å². The number of rotatable bonds is 5. The van der Waals surface area contributed by atoms with Gasteiger partial charge in [-0.05, 0) is 42.2 Å². The Labute approximate surface area is 180 Å². The zero-order valence-electron chi connectivity index (χ0n) is 17.3. The number of pyridine rings is 1. The molecule has 158 valence electrons. The van der Waals surface area contributed by atoms with Crippen molar-refractivity contribution in [2.24, 2.45) is 0 Å². The van der Waals surface area contributed by atoms with Crippen LogP contribution in [0.25, 0.3) is 0 Å². The number of carboxylic acids is 1. The van der Waals surface area contributed by atoms with Crippen molar-refractivity contribution < 1.29 is 14.7 Å². The van der Waals surface area contributed by atoms with Crippen molar-refractivity contribution in [3.63, 3.8) is 0 Å².